The molecule has 1 aliphatic heterocycles. The Morgan fingerprint density at radius 2 is 2.39 bits per heavy atom. The van der Waals surface area contributed by atoms with Crippen LogP contribution in [0, 0.1) is 5.92 Å². The second-order valence-electron chi connectivity index (χ2n) is 4.59. The van der Waals surface area contributed by atoms with Crippen molar-refractivity contribution < 1.29 is 14.3 Å². The van der Waals surface area contributed by atoms with Crippen molar-refractivity contribution in [2.24, 2.45) is 5.92 Å². The third-order valence-electron chi connectivity index (χ3n) is 3.20. The number of carbonyl (C=O) groups is 1. The highest BCUT2D eigenvalue weighted by Gasteiger charge is 2.22. The van der Waals surface area contributed by atoms with Gasteiger partial charge in [0.1, 0.15) is 11.5 Å². The van der Waals surface area contributed by atoms with E-state index in [1.54, 1.807) is 7.11 Å². The van der Waals surface area contributed by atoms with E-state index < -0.39 is 0 Å². The number of hydrogen-bond acceptors (Lipinski definition) is 3. The van der Waals surface area contributed by atoms with E-state index in [0.29, 0.717) is 19.1 Å². The second-order valence-corrected chi connectivity index (χ2v) is 4.59. The molecule has 1 heterocycles. The molecule has 1 unspecified atom stereocenters. The van der Waals surface area contributed by atoms with Gasteiger partial charge in [0.25, 0.3) is 0 Å². The van der Waals surface area contributed by atoms with Crippen molar-refractivity contribution in [1.29, 1.82) is 0 Å². The van der Waals surface area contributed by atoms with Crippen molar-refractivity contribution in [3.8, 4) is 11.5 Å². The van der Waals surface area contributed by atoms with Crippen molar-refractivity contribution in [3.05, 3.63) is 23.8 Å². The van der Waals surface area contributed by atoms with Crippen LogP contribution in [0.4, 0.5) is 0 Å². The van der Waals surface area contributed by atoms with Crippen molar-refractivity contribution in [2.75, 3.05) is 20.3 Å². The zero-order valence-electron chi connectivity index (χ0n) is 10.9. The van der Waals surface area contributed by atoms with Gasteiger partial charge < -0.3 is 14.8 Å². The van der Waals surface area contributed by atoms with Gasteiger partial charge in [0.2, 0.25) is 5.91 Å². The monoisotopic (exact) mass is 249 g/mol. The lowest BCUT2D eigenvalue weighted by atomic mass is 9.93. The first-order valence-electron chi connectivity index (χ1n) is 6.24. The molecule has 0 saturated carbocycles. The largest absolute Gasteiger partial charge is 0.496 e. The van der Waals surface area contributed by atoms with Gasteiger partial charge in [-0.25, -0.2) is 0 Å². The number of nitrogens with one attached hydrogen (secondary N) is 1. The Kier molecular flexibility index (Phi) is 4.07. The molecule has 4 heteroatoms. The quantitative estimate of drug-likeness (QED) is 0.884. The average molecular weight is 249 g/mol. The van der Waals surface area contributed by atoms with Gasteiger partial charge in [-0.15, -0.1) is 0 Å². The van der Waals surface area contributed by atoms with Gasteiger partial charge >= 0.3 is 0 Å². The summed E-state index contributed by atoms with van der Waals surface area (Å²) < 4.78 is 11.1. The minimum atomic E-state index is 0.0182. The van der Waals surface area contributed by atoms with E-state index in [1.807, 2.05) is 18.2 Å². The molecular weight excluding hydrogens is 230 g/mol. The highest BCUT2D eigenvalue weighted by molar-refractivity contribution is 5.72. The van der Waals surface area contributed by atoms with Crippen molar-refractivity contribution in [2.45, 2.75) is 19.8 Å². The van der Waals surface area contributed by atoms with Crippen LogP contribution >= 0.6 is 0 Å². The van der Waals surface area contributed by atoms with Gasteiger partial charge in [-0.05, 0) is 30.9 Å². The van der Waals surface area contributed by atoms with E-state index >= 15 is 0 Å². The van der Waals surface area contributed by atoms with Crippen LogP contribution in [0.5, 0.6) is 11.5 Å². The summed E-state index contributed by atoms with van der Waals surface area (Å²) in [4.78, 5) is 10.8. The van der Waals surface area contributed by atoms with Crippen LogP contribution in [0.2, 0.25) is 0 Å². The first-order valence-corrected chi connectivity index (χ1v) is 6.24. The average Bonchev–Trinajstić information content (AvgIpc) is 2.37. The molecule has 18 heavy (non-hydrogen) atoms. The highest BCUT2D eigenvalue weighted by atomic mass is 16.5. The van der Waals surface area contributed by atoms with Crippen molar-refractivity contribution in [1.82, 2.24) is 5.32 Å². The van der Waals surface area contributed by atoms with E-state index in [9.17, 15) is 4.79 Å². The van der Waals surface area contributed by atoms with Crippen LogP contribution in [-0.4, -0.2) is 26.2 Å². The maximum Gasteiger partial charge on any atom is 0.216 e. The summed E-state index contributed by atoms with van der Waals surface area (Å²) in [6.45, 7) is 2.95. The number of benzene rings is 1. The summed E-state index contributed by atoms with van der Waals surface area (Å²) in [7, 11) is 1.68. The van der Waals surface area contributed by atoms with E-state index in [-0.39, 0.29) is 5.91 Å². The van der Waals surface area contributed by atoms with Crippen molar-refractivity contribution in [3.63, 3.8) is 0 Å². The molecule has 1 N–H and O–H groups in total. The molecule has 0 fully saturated rings. The SMILES string of the molecule is COc1cccc2c1CC(CCNC(C)=O)CO2. The third kappa shape index (κ3) is 2.94. The molecule has 1 amide bonds. The Morgan fingerprint density at radius 3 is 3.11 bits per heavy atom. The third-order valence-corrected chi connectivity index (χ3v) is 3.20. The van der Waals surface area contributed by atoms with Gasteiger partial charge in [0.15, 0.2) is 0 Å². The van der Waals surface area contributed by atoms with Gasteiger partial charge in [0.05, 0.1) is 13.7 Å². The second kappa shape index (κ2) is 5.76. The summed E-state index contributed by atoms with van der Waals surface area (Å²) >= 11 is 0. The number of rotatable bonds is 4. The maximum atomic E-state index is 10.8. The molecule has 0 saturated heterocycles. The Bertz CT molecular complexity index is 417. The molecule has 0 radical (unpaired) electrons. The smallest absolute Gasteiger partial charge is 0.216 e. The molecule has 1 aromatic rings. The van der Waals surface area contributed by atoms with Gasteiger partial charge in [0, 0.05) is 19.0 Å². The number of hydrogen-bond donors (Lipinski definition) is 1. The molecule has 1 aromatic carbocycles. The Balaban J connectivity index is 1.98. The van der Waals surface area contributed by atoms with E-state index in [2.05, 4.69) is 5.32 Å². The van der Waals surface area contributed by atoms with Gasteiger partial charge in [-0.3, -0.25) is 4.79 Å². The highest BCUT2D eigenvalue weighted by Crippen LogP contribution is 2.35. The summed E-state index contributed by atoms with van der Waals surface area (Å²) in [6.07, 6.45) is 1.87. The molecule has 0 bridgehead atoms. The molecule has 1 aliphatic rings. The van der Waals surface area contributed by atoms with Gasteiger partial charge in [-0.2, -0.15) is 0 Å². The van der Waals surface area contributed by atoms with Gasteiger partial charge in [-0.1, -0.05) is 6.07 Å². The number of amides is 1. The lowest BCUT2D eigenvalue weighted by Gasteiger charge is -2.26. The summed E-state index contributed by atoms with van der Waals surface area (Å²) in [5.74, 6) is 2.26. The number of methoxy groups -OCH3 is 1. The van der Waals surface area contributed by atoms with E-state index in [4.69, 9.17) is 9.47 Å². The fourth-order valence-electron chi connectivity index (χ4n) is 2.27. The van der Waals surface area contributed by atoms with Crippen LogP contribution in [0.25, 0.3) is 0 Å². The fourth-order valence-corrected chi connectivity index (χ4v) is 2.27. The Morgan fingerprint density at radius 1 is 1.56 bits per heavy atom. The molecule has 4 nitrogen and oxygen atoms in total. The van der Waals surface area contributed by atoms with Crippen LogP contribution in [-0.2, 0) is 11.2 Å². The van der Waals surface area contributed by atoms with Crippen LogP contribution < -0.4 is 14.8 Å². The molecular formula is C14H19NO3. The molecule has 1 atom stereocenters. The number of ether oxygens (including phenoxy) is 2. The molecule has 0 spiro atoms. The lowest BCUT2D eigenvalue weighted by molar-refractivity contribution is -0.119. The topological polar surface area (TPSA) is 47.6 Å². The lowest BCUT2D eigenvalue weighted by Crippen LogP contribution is -2.28. The minimum Gasteiger partial charge on any atom is -0.496 e. The van der Waals surface area contributed by atoms with E-state index in [1.165, 1.54) is 6.92 Å². The number of carbonyl (C=O) groups excluding carboxylic acids is 1. The molecule has 0 aromatic heterocycles. The maximum absolute atomic E-state index is 10.8. The summed E-state index contributed by atoms with van der Waals surface area (Å²) in [5, 5.41) is 2.82. The predicted octanol–water partition coefficient (Wildman–Crippen LogP) is 1.77. The number of fused-ring (bicyclic) bond motifs is 1. The van der Waals surface area contributed by atoms with Crippen LogP contribution in [0.3, 0.4) is 0 Å². The fraction of sp³-hybridized carbons (Fsp3) is 0.500. The Labute approximate surface area is 107 Å². The molecule has 2 rings (SSSR count). The summed E-state index contributed by atoms with van der Waals surface area (Å²) in [6, 6.07) is 5.87. The first kappa shape index (κ1) is 12.7. The zero-order valence-corrected chi connectivity index (χ0v) is 10.9. The summed E-state index contributed by atoms with van der Waals surface area (Å²) in [5.41, 5.74) is 1.14. The molecule has 0 aliphatic carbocycles. The van der Waals surface area contributed by atoms with Crippen LogP contribution in [0.15, 0.2) is 18.2 Å². The Hall–Kier alpha value is -1.71. The van der Waals surface area contributed by atoms with Crippen molar-refractivity contribution >= 4 is 5.91 Å². The first-order chi connectivity index (χ1) is 8.70. The normalized spacial score (nSPS) is 17.6. The van der Waals surface area contributed by atoms with E-state index in [0.717, 1.165) is 29.9 Å². The molecule has 98 valence electrons. The standard InChI is InChI=1S/C14H19NO3/c1-10(16)15-7-6-11-8-12-13(17-2)4-3-5-14(12)18-9-11/h3-5,11H,6-9H2,1-2H3,(H,15,16). The predicted molar refractivity (Wildman–Crippen MR) is 69.0 cm³/mol. The minimum absolute atomic E-state index is 0.0182. The van der Waals surface area contributed by atoms with Crippen LogP contribution in [0.1, 0.15) is 18.9 Å². The zero-order chi connectivity index (χ0) is 13.0.